The first-order valence-electron chi connectivity index (χ1n) is 6.02. The molecule has 0 radical (unpaired) electrons. The van der Waals surface area contributed by atoms with Gasteiger partial charge in [-0.3, -0.25) is 14.2 Å². The zero-order valence-electron chi connectivity index (χ0n) is 11.0. The van der Waals surface area contributed by atoms with Crippen molar-refractivity contribution in [3.05, 3.63) is 20.2 Å². The molecule has 0 aliphatic rings. The summed E-state index contributed by atoms with van der Waals surface area (Å²) in [5.41, 5.74) is 0.850. The fraction of sp³-hybridized carbons (Fsp3) is 0.667. The molecule has 1 amide bonds. The first kappa shape index (κ1) is 14.9. The lowest BCUT2D eigenvalue weighted by Crippen LogP contribution is -2.37. The highest BCUT2D eigenvalue weighted by Crippen LogP contribution is 2.09. The third-order valence-corrected chi connectivity index (χ3v) is 3.88. The fourth-order valence-corrected chi connectivity index (χ4v) is 2.54. The smallest absolute Gasteiger partial charge is 0.308 e. The molecule has 0 fully saturated rings. The molecule has 1 atom stereocenters. The summed E-state index contributed by atoms with van der Waals surface area (Å²) in [6.07, 6.45) is 1.40. The van der Waals surface area contributed by atoms with Crippen LogP contribution in [0.25, 0.3) is 0 Å². The van der Waals surface area contributed by atoms with Gasteiger partial charge in [-0.05, 0) is 33.6 Å². The zero-order valence-corrected chi connectivity index (χ0v) is 11.8. The highest BCUT2D eigenvalue weighted by atomic mass is 32.1. The van der Waals surface area contributed by atoms with Crippen molar-refractivity contribution in [3.63, 3.8) is 0 Å². The molecule has 6 heteroatoms. The number of aryl methyl sites for hydroxylation is 1. The SMILES string of the molecule is Cc1sc(=O)n(CC(=O)NC(C)CCCO)c1C. The third kappa shape index (κ3) is 3.96. The molecule has 102 valence electrons. The van der Waals surface area contributed by atoms with Crippen molar-refractivity contribution in [2.24, 2.45) is 0 Å². The van der Waals surface area contributed by atoms with Gasteiger partial charge in [0.25, 0.3) is 0 Å². The Hall–Kier alpha value is -1.14. The third-order valence-electron chi connectivity index (χ3n) is 2.88. The van der Waals surface area contributed by atoms with Gasteiger partial charge in [-0.1, -0.05) is 11.3 Å². The summed E-state index contributed by atoms with van der Waals surface area (Å²) in [4.78, 5) is 24.2. The molecule has 0 saturated carbocycles. The Morgan fingerprint density at radius 1 is 1.50 bits per heavy atom. The summed E-state index contributed by atoms with van der Waals surface area (Å²) < 4.78 is 1.49. The summed E-state index contributed by atoms with van der Waals surface area (Å²) in [5, 5.41) is 11.5. The van der Waals surface area contributed by atoms with Gasteiger partial charge in [-0.2, -0.15) is 0 Å². The molecule has 1 rings (SSSR count). The maximum absolute atomic E-state index is 11.8. The van der Waals surface area contributed by atoms with E-state index in [1.807, 2.05) is 20.8 Å². The number of rotatable bonds is 6. The topological polar surface area (TPSA) is 71.3 Å². The highest BCUT2D eigenvalue weighted by Gasteiger charge is 2.12. The summed E-state index contributed by atoms with van der Waals surface area (Å²) in [6.45, 7) is 5.80. The molecule has 0 aliphatic heterocycles. The minimum atomic E-state index is -0.163. The van der Waals surface area contributed by atoms with Gasteiger partial charge in [0.05, 0.1) is 0 Å². The molecule has 1 aromatic heterocycles. The standard InChI is InChI=1S/C12H20N2O3S/c1-8(5-4-6-15)13-11(16)7-14-9(2)10(3)18-12(14)17/h8,15H,4-7H2,1-3H3,(H,13,16). The van der Waals surface area contributed by atoms with Crippen molar-refractivity contribution in [2.45, 2.75) is 46.2 Å². The molecular weight excluding hydrogens is 252 g/mol. The van der Waals surface area contributed by atoms with Gasteiger partial charge in [0, 0.05) is 23.2 Å². The molecule has 0 aromatic carbocycles. The molecule has 1 aromatic rings. The largest absolute Gasteiger partial charge is 0.396 e. The minimum Gasteiger partial charge on any atom is -0.396 e. The van der Waals surface area contributed by atoms with Gasteiger partial charge in [0.1, 0.15) is 6.54 Å². The second-order valence-electron chi connectivity index (χ2n) is 4.43. The van der Waals surface area contributed by atoms with Crippen LogP contribution >= 0.6 is 11.3 Å². The highest BCUT2D eigenvalue weighted by molar-refractivity contribution is 7.09. The number of aromatic nitrogens is 1. The van der Waals surface area contributed by atoms with Gasteiger partial charge in [-0.25, -0.2) is 0 Å². The molecule has 2 N–H and O–H groups in total. The summed E-state index contributed by atoms with van der Waals surface area (Å²) in [7, 11) is 0. The number of aliphatic hydroxyl groups excluding tert-OH is 1. The van der Waals surface area contributed by atoms with Crippen LogP contribution in [0.1, 0.15) is 30.3 Å². The Labute approximate surface area is 110 Å². The first-order chi connectivity index (χ1) is 8.45. The van der Waals surface area contributed by atoms with E-state index in [4.69, 9.17) is 5.11 Å². The average Bonchev–Trinajstić information content (AvgIpc) is 2.53. The number of hydrogen-bond acceptors (Lipinski definition) is 4. The molecular formula is C12H20N2O3S. The molecule has 0 spiro atoms. The predicted molar refractivity (Wildman–Crippen MR) is 72.0 cm³/mol. The van der Waals surface area contributed by atoms with Gasteiger partial charge >= 0.3 is 4.87 Å². The maximum Gasteiger partial charge on any atom is 0.308 e. The summed E-state index contributed by atoms with van der Waals surface area (Å²) >= 11 is 1.16. The Bertz CT molecular complexity index is 464. The van der Waals surface area contributed by atoms with E-state index >= 15 is 0 Å². The molecule has 1 unspecified atom stereocenters. The number of nitrogens with one attached hydrogen (secondary N) is 1. The number of hydrogen-bond donors (Lipinski definition) is 2. The second-order valence-corrected chi connectivity index (χ2v) is 5.60. The van der Waals surface area contributed by atoms with E-state index in [1.54, 1.807) is 0 Å². The lowest BCUT2D eigenvalue weighted by Gasteiger charge is -2.13. The van der Waals surface area contributed by atoms with Crippen molar-refractivity contribution in [2.75, 3.05) is 6.61 Å². The molecule has 1 heterocycles. The van der Waals surface area contributed by atoms with Gasteiger partial charge in [0.2, 0.25) is 5.91 Å². The maximum atomic E-state index is 11.8. The van der Waals surface area contributed by atoms with Crippen molar-refractivity contribution in [1.29, 1.82) is 0 Å². The number of aliphatic hydroxyl groups is 1. The Morgan fingerprint density at radius 3 is 2.67 bits per heavy atom. The fourth-order valence-electron chi connectivity index (χ4n) is 1.70. The Balaban J connectivity index is 2.57. The van der Waals surface area contributed by atoms with Gasteiger partial charge in [0.15, 0.2) is 0 Å². The normalized spacial score (nSPS) is 12.4. The number of amides is 1. The zero-order chi connectivity index (χ0) is 13.7. The molecule has 0 aliphatic carbocycles. The molecule has 0 bridgehead atoms. The lowest BCUT2D eigenvalue weighted by molar-refractivity contribution is -0.122. The lowest BCUT2D eigenvalue weighted by atomic mass is 10.2. The monoisotopic (exact) mass is 272 g/mol. The predicted octanol–water partition coefficient (Wildman–Crippen LogP) is 0.804. The molecule has 18 heavy (non-hydrogen) atoms. The van der Waals surface area contributed by atoms with E-state index in [9.17, 15) is 9.59 Å². The van der Waals surface area contributed by atoms with Crippen LogP contribution in [-0.2, 0) is 11.3 Å². The molecule has 0 saturated heterocycles. The van der Waals surface area contributed by atoms with E-state index in [2.05, 4.69) is 5.32 Å². The van der Waals surface area contributed by atoms with Crippen LogP contribution in [0.5, 0.6) is 0 Å². The number of carbonyl (C=O) groups is 1. The summed E-state index contributed by atoms with van der Waals surface area (Å²) in [6, 6.07) is 0.0143. The van der Waals surface area contributed by atoms with Crippen LogP contribution < -0.4 is 10.2 Å². The van der Waals surface area contributed by atoms with Crippen LogP contribution in [0.2, 0.25) is 0 Å². The van der Waals surface area contributed by atoms with Crippen LogP contribution in [0.15, 0.2) is 4.79 Å². The first-order valence-corrected chi connectivity index (χ1v) is 6.84. The number of nitrogens with zero attached hydrogens (tertiary/aromatic N) is 1. The number of thiazole rings is 1. The van der Waals surface area contributed by atoms with E-state index < -0.39 is 0 Å². The second kappa shape index (κ2) is 6.70. The quantitative estimate of drug-likeness (QED) is 0.805. The molecule has 5 nitrogen and oxygen atoms in total. The van der Waals surface area contributed by atoms with Gasteiger partial charge < -0.3 is 10.4 Å². The van der Waals surface area contributed by atoms with E-state index in [1.165, 1.54) is 4.57 Å². The van der Waals surface area contributed by atoms with E-state index in [0.29, 0.717) is 6.42 Å². The Kier molecular flexibility index (Phi) is 5.55. The van der Waals surface area contributed by atoms with Crippen LogP contribution in [0.4, 0.5) is 0 Å². The van der Waals surface area contributed by atoms with Crippen molar-refractivity contribution in [1.82, 2.24) is 9.88 Å². The number of carbonyl (C=O) groups excluding carboxylic acids is 1. The van der Waals surface area contributed by atoms with Gasteiger partial charge in [-0.15, -0.1) is 0 Å². The Morgan fingerprint density at radius 2 is 2.17 bits per heavy atom. The van der Waals surface area contributed by atoms with Crippen molar-refractivity contribution in [3.8, 4) is 0 Å². The van der Waals surface area contributed by atoms with Crippen LogP contribution in [0, 0.1) is 13.8 Å². The van der Waals surface area contributed by atoms with E-state index in [-0.39, 0.29) is 30.0 Å². The van der Waals surface area contributed by atoms with Crippen molar-refractivity contribution >= 4 is 17.2 Å². The minimum absolute atomic E-state index is 0.0143. The van der Waals surface area contributed by atoms with Crippen LogP contribution in [0.3, 0.4) is 0 Å². The van der Waals surface area contributed by atoms with Crippen LogP contribution in [-0.4, -0.2) is 28.2 Å². The van der Waals surface area contributed by atoms with E-state index in [0.717, 1.165) is 28.3 Å². The average molecular weight is 272 g/mol. The summed E-state index contributed by atoms with van der Waals surface area (Å²) in [5.74, 6) is -0.163. The van der Waals surface area contributed by atoms with Crippen molar-refractivity contribution < 1.29 is 9.90 Å².